The molecular formula is C19H22N4O3. The van der Waals surface area contributed by atoms with Crippen molar-refractivity contribution in [3.63, 3.8) is 0 Å². The number of carbonyl (C=O) groups is 1. The van der Waals surface area contributed by atoms with Crippen LogP contribution in [-0.2, 0) is 17.8 Å². The molecule has 0 bridgehead atoms. The predicted octanol–water partition coefficient (Wildman–Crippen LogP) is 1.61. The summed E-state index contributed by atoms with van der Waals surface area (Å²) in [6, 6.07) is 9.21. The van der Waals surface area contributed by atoms with Crippen molar-refractivity contribution in [2.75, 3.05) is 6.54 Å². The number of carbonyl (C=O) groups excluding carboxylic acids is 1. The number of nitrogens with zero attached hydrogens (tertiary/aromatic N) is 2. The van der Waals surface area contributed by atoms with Gasteiger partial charge in [-0.05, 0) is 37.5 Å². The molecule has 0 atom stereocenters. The molecule has 26 heavy (non-hydrogen) atoms. The number of hydrogen-bond donors (Lipinski definition) is 2. The van der Waals surface area contributed by atoms with Gasteiger partial charge in [-0.1, -0.05) is 19.1 Å². The van der Waals surface area contributed by atoms with Gasteiger partial charge in [-0.2, -0.15) is 5.26 Å². The van der Waals surface area contributed by atoms with E-state index < -0.39 is 11.2 Å². The molecule has 0 aliphatic heterocycles. The number of H-pyrrole nitrogens is 2. The van der Waals surface area contributed by atoms with Crippen LogP contribution in [0.25, 0.3) is 0 Å². The molecule has 0 aliphatic carbocycles. The molecule has 136 valence electrons. The van der Waals surface area contributed by atoms with Crippen molar-refractivity contribution in [1.82, 2.24) is 14.9 Å². The zero-order valence-corrected chi connectivity index (χ0v) is 15.0. The number of aromatic amines is 2. The lowest BCUT2D eigenvalue weighted by atomic mass is 10.1. The number of rotatable bonds is 7. The van der Waals surface area contributed by atoms with E-state index in [9.17, 15) is 14.4 Å². The van der Waals surface area contributed by atoms with Gasteiger partial charge < -0.3 is 9.88 Å². The van der Waals surface area contributed by atoms with E-state index in [1.165, 1.54) is 0 Å². The van der Waals surface area contributed by atoms with Crippen LogP contribution >= 0.6 is 0 Å². The molecule has 0 saturated heterocycles. The van der Waals surface area contributed by atoms with Crippen LogP contribution in [0.5, 0.6) is 0 Å². The van der Waals surface area contributed by atoms with Crippen LogP contribution in [0.3, 0.4) is 0 Å². The Morgan fingerprint density at radius 1 is 1.19 bits per heavy atom. The molecule has 1 aromatic heterocycles. The van der Waals surface area contributed by atoms with Crippen molar-refractivity contribution >= 4 is 5.91 Å². The zero-order valence-electron chi connectivity index (χ0n) is 15.0. The molecule has 0 aliphatic rings. The highest BCUT2D eigenvalue weighted by Crippen LogP contribution is 2.10. The first-order valence-corrected chi connectivity index (χ1v) is 8.53. The van der Waals surface area contributed by atoms with Crippen molar-refractivity contribution in [2.24, 2.45) is 0 Å². The Bertz CT molecular complexity index is 920. The first-order valence-electron chi connectivity index (χ1n) is 8.53. The van der Waals surface area contributed by atoms with Crippen LogP contribution in [0.1, 0.15) is 42.1 Å². The van der Waals surface area contributed by atoms with Crippen molar-refractivity contribution in [3.8, 4) is 6.07 Å². The van der Waals surface area contributed by atoms with E-state index in [-0.39, 0.29) is 18.7 Å². The summed E-state index contributed by atoms with van der Waals surface area (Å²) in [5.41, 5.74) is 1.44. The Balaban J connectivity index is 2.07. The monoisotopic (exact) mass is 354 g/mol. The number of hydrogen-bond acceptors (Lipinski definition) is 4. The quantitative estimate of drug-likeness (QED) is 0.787. The summed E-state index contributed by atoms with van der Waals surface area (Å²) >= 11 is 0. The largest absolute Gasteiger partial charge is 0.338 e. The fourth-order valence-electron chi connectivity index (χ4n) is 2.78. The third-order valence-corrected chi connectivity index (χ3v) is 4.15. The van der Waals surface area contributed by atoms with E-state index in [1.54, 1.807) is 24.0 Å². The minimum absolute atomic E-state index is 0.0544. The Morgan fingerprint density at radius 2 is 1.88 bits per heavy atom. The van der Waals surface area contributed by atoms with Crippen molar-refractivity contribution in [1.29, 1.82) is 5.26 Å². The van der Waals surface area contributed by atoms with Crippen LogP contribution in [0.4, 0.5) is 0 Å². The molecule has 7 heteroatoms. The van der Waals surface area contributed by atoms with Gasteiger partial charge in [0.2, 0.25) is 5.91 Å². The highest BCUT2D eigenvalue weighted by Gasteiger charge is 2.15. The first kappa shape index (κ1) is 19.2. The van der Waals surface area contributed by atoms with Crippen LogP contribution in [0.15, 0.2) is 33.9 Å². The Hall–Kier alpha value is -3.14. The Morgan fingerprint density at radius 3 is 2.46 bits per heavy atom. The summed E-state index contributed by atoms with van der Waals surface area (Å²) in [6.07, 6.45) is 1.27. The molecule has 2 N–H and O–H groups in total. The van der Waals surface area contributed by atoms with Crippen molar-refractivity contribution < 1.29 is 4.79 Å². The van der Waals surface area contributed by atoms with Gasteiger partial charge in [-0.15, -0.1) is 0 Å². The number of aryl methyl sites for hydroxylation is 1. The minimum atomic E-state index is -0.545. The van der Waals surface area contributed by atoms with E-state index in [2.05, 4.69) is 16.0 Å². The van der Waals surface area contributed by atoms with Crippen molar-refractivity contribution in [3.05, 3.63) is 67.5 Å². The van der Waals surface area contributed by atoms with E-state index in [0.29, 0.717) is 29.9 Å². The van der Waals surface area contributed by atoms with Gasteiger partial charge in [-0.25, -0.2) is 4.79 Å². The maximum absolute atomic E-state index is 12.6. The third-order valence-electron chi connectivity index (χ3n) is 4.15. The number of aromatic nitrogens is 2. The zero-order chi connectivity index (χ0) is 19.1. The van der Waals surface area contributed by atoms with Gasteiger partial charge in [0.05, 0.1) is 11.6 Å². The smallest absolute Gasteiger partial charge is 0.325 e. The third kappa shape index (κ3) is 4.93. The van der Waals surface area contributed by atoms with Gasteiger partial charge in [0, 0.05) is 30.8 Å². The normalized spacial score (nSPS) is 10.3. The molecule has 1 heterocycles. The summed E-state index contributed by atoms with van der Waals surface area (Å²) in [4.78, 5) is 42.2. The second-order valence-corrected chi connectivity index (χ2v) is 6.14. The number of benzene rings is 1. The molecular weight excluding hydrogens is 332 g/mol. The van der Waals surface area contributed by atoms with Crippen LogP contribution in [0, 0.1) is 18.3 Å². The molecule has 0 unspecified atom stereocenters. The molecule has 7 nitrogen and oxygen atoms in total. The van der Waals surface area contributed by atoms with Gasteiger partial charge >= 0.3 is 5.69 Å². The van der Waals surface area contributed by atoms with Gasteiger partial charge in [0.1, 0.15) is 0 Å². The summed E-state index contributed by atoms with van der Waals surface area (Å²) in [6.45, 7) is 4.71. The minimum Gasteiger partial charge on any atom is -0.338 e. The highest BCUT2D eigenvalue weighted by molar-refractivity contribution is 5.76. The molecule has 2 aromatic rings. The molecule has 0 spiro atoms. The van der Waals surface area contributed by atoms with E-state index in [4.69, 9.17) is 5.26 Å². The number of amides is 1. The van der Waals surface area contributed by atoms with E-state index in [0.717, 1.165) is 12.0 Å². The average molecular weight is 354 g/mol. The fraction of sp³-hybridized carbons (Fsp3) is 0.368. The summed E-state index contributed by atoms with van der Waals surface area (Å²) in [5.74, 6) is -0.0544. The molecule has 1 amide bonds. The fourth-order valence-corrected chi connectivity index (χ4v) is 2.78. The summed E-state index contributed by atoms with van der Waals surface area (Å²) in [7, 11) is 0. The molecule has 0 fully saturated rings. The maximum Gasteiger partial charge on any atom is 0.325 e. The van der Waals surface area contributed by atoms with Crippen LogP contribution < -0.4 is 11.2 Å². The first-order chi connectivity index (χ1) is 12.4. The molecule has 1 aromatic carbocycles. The van der Waals surface area contributed by atoms with Crippen LogP contribution in [-0.4, -0.2) is 27.3 Å². The SMILES string of the molecule is CCCN(Cc1ccc(C#N)cc1)C(=O)CCc1c(C)[nH]c(=O)[nH]c1=O. The van der Waals surface area contributed by atoms with Crippen molar-refractivity contribution in [2.45, 2.75) is 39.7 Å². The standard InChI is InChI=1S/C19H22N4O3/c1-3-10-23(12-15-6-4-14(11-20)5-7-15)17(24)9-8-16-13(2)21-19(26)22-18(16)25/h4-7H,3,8-10,12H2,1-2H3,(H2,21,22,25,26). The Kier molecular flexibility index (Phi) is 6.50. The average Bonchev–Trinajstić information content (AvgIpc) is 2.61. The number of nitrogens with one attached hydrogen (secondary N) is 2. The molecule has 0 saturated carbocycles. The van der Waals surface area contributed by atoms with Gasteiger partial charge in [0.15, 0.2) is 0 Å². The van der Waals surface area contributed by atoms with E-state index in [1.807, 2.05) is 19.1 Å². The number of nitriles is 1. The lowest BCUT2D eigenvalue weighted by molar-refractivity contribution is -0.131. The van der Waals surface area contributed by atoms with Gasteiger partial charge in [0.25, 0.3) is 5.56 Å². The molecule has 0 radical (unpaired) electrons. The van der Waals surface area contributed by atoms with E-state index >= 15 is 0 Å². The Labute approximate surface area is 151 Å². The summed E-state index contributed by atoms with van der Waals surface area (Å²) < 4.78 is 0. The highest BCUT2D eigenvalue weighted by atomic mass is 16.2. The predicted molar refractivity (Wildman–Crippen MR) is 97.6 cm³/mol. The second-order valence-electron chi connectivity index (χ2n) is 6.14. The summed E-state index contributed by atoms with van der Waals surface area (Å²) in [5, 5.41) is 8.86. The lowest BCUT2D eigenvalue weighted by Gasteiger charge is -2.22. The second kappa shape index (κ2) is 8.81. The van der Waals surface area contributed by atoms with Crippen LogP contribution in [0.2, 0.25) is 0 Å². The maximum atomic E-state index is 12.6. The lowest BCUT2D eigenvalue weighted by Crippen LogP contribution is -2.33. The molecule has 2 rings (SSSR count). The van der Waals surface area contributed by atoms with Gasteiger partial charge in [-0.3, -0.25) is 14.6 Å². The topological polar surface area (TPSA) is 110 Å².